The van der Waals surface area contributed by atoms with Crippen LogP contribution in [-0.4, -0.2) is 51.4 Å². The number of hydrogen-bond donors (Lipinski definition) is 0. The van der Waals surface area contributed by atoms with Crippen LogP contribution in [0.4, 0.5) is 0 Å². The van der Waals surface area contributed by atoms with Gasteiger partial charge in [0.25, 0.3) is 0 Å². The fourth-order valence-electron chi connectivity index (χ4n) is 0.595. The minimum atomic E-state index is 0. The minimum Gasteiger partial charge on any atom is -0.466 e. The topological polar surface area (TPSA) is 9.23 Å². The van der Waals surface area contributed by atoms with Crippen LogP contribution >= 0.6 is 0 Å². The van der Waals surface area contributed by atoms with E-state index in [1.165, 1.54) is 6.26 Å². The first-order chi connectivity index (χ1) is 4.43. The molecule has 0 aliphatic carbocycles. The summed E-state index contributed by atoms with van der Waals surface area (Å²) in [5.41, 5.74) is 0. The van der Waals surface area contributed by atoms with Gasteiger partial charge in [0.2, 0.25) is 0 Å². The Labute approximate surface area is 104 Å². The summed E-state index contributed by atoms with van der Waals surface area (Å²) < 4.78 is 4.97. The first kappa shape index (κ1) is 10.4. The molecule has 10 heavy (non-hydrogen) atoms. The molecule has 0 N–H and O–H groups in total. The van der Waals surface area contributed by atoms with Gasteiger partial charge in [0, 0.05) is 51.4 Å². The SMILES string of the molecule is C=COc1ccccc1.[K]. The molecule has 47 valence electrons. The zero-order valence-electron chi connectivity index (χ0n) is 6.08. The van der Waals surface area contributed by atoms with Gasteiger partial charge in [0.05, 0.1) is 6.26 Å². The Bertz CT molecular complexity index is 184. The van der Waals surface area contributed by atoms with Crippen molar-refractivity contribution in [2.75, 3.05) is 0 Å². The molecule has 0 heterocycles. The van der Waals surface area contributed by atoms with Crippen molar-refractivity contribution in [2.45, 2.75) is 0 Å². The van der Waals surface area contributed by atoms with Crippen LogP contribution in [0.2, 0.25) is 0 Å². The van der Waals surface area contributed by atoms with E-state index in [1.54, 1.807) is 0 Å². The van der Waals surface area contributed by atoms with Crippen molar-refractivity contribution in [1.29, 1.82) is 0 Å². The summed E-state index contributed by atoms with van der Waals surface area (Å²) in [5.74, 6) is 0.826. The van der Waals surface area contributed by atoms with Gasteiger partial charge in [0.15, 0.2) is 0 Å². The summed E-state index contributed by atoms with van der Waals surface area (Å²) in [6.07, 6.45) is 1.41. The first-order valence-corrected chi connectivity index (χ1v) is 2.76. The molecule has 1 aromatic rings. The van der Waals surface area contributed by atoms with Crippen molar-refractivity contribution in [3.05, 3.63) is 43.2 Å². The quantitative estimate of drug-likeness (QED) is 0.472. The molecule has 0 unspecified atom stereocenters. The third kappa shape index (κ3) is 3.54. The molecule has 0 saturated carbocycles. The molecule has 1 nitrogen and oxygen atoms in total. The van der Waals surface area contributed by atoms with Gasteiger partial charge in [-0.25, -0.2) is 0 Å². The van der Waals surface area contributed by atoms with Crippen LogP contribution in [0.3, 0.4) is 0 Å². The Kier molecular flexibility index (Phi) is 6.37. The van der Waals surface area contributed by atoms with Crippen LogP contribution in [0.25, 0.3) is 0 Å². The normalized spacial score (nSPS) is 7.60. The second-order valence-electron chi connectivity index (χ2n) is 1.60. The van der Waals surface area contributed by atoms with E-state index in [9.17, 15) is 0 Å². The maximum Gasteiger partial charge on any atom is 0.126 e. The average molecular weight is 159 g/mol. The van der Waals surface area contributed by atoms with Gasteiger partial charge >= 0.3 is 0 Å². The number of benzene rings is 1. The first-order valence-electron chi connectivity index (χ1n) is 2.76. The van der Waals surface area contributed by atoms with E-state index in [0.717, 1.165) is 5.75 Å². The number of ether oxygens (including phenoxy) is 1. The van der Waals surface area contributed by atoms with E-state index < -0.39 is 0 Å². The molecule has 0 aromatic heterocycles. The van der Waals surface area contributed by atoms with Gasteiger partial charge < -0.3 is 4.74 Å². The van der Waals surface area contributed by atoms with Crippen molar-refractivity contribution in [3.8, 4) is 5.75 Å². The van der Waals surface area contributed by atoms with Gasteiger partial charge in [-0.1, -0.05) is 24.8 Å². The molecule has 0 amide bonds. The van der Waals surface area contributed by atoms with Crippen molar-refractivity contribution in [2.24, 2.45) is 0 Å². The van der Waals surface area contributed by atoms with Crippen molar-refractivity contribution >= 4 is 51.4 Å². The van der Waals surface area contributed by atoms with E-state index in [-0.39, 0.29) is 51.4 Å². The summed E-state index contributed by atoms with van der Waals surface area (Å²) in [6.45, 7) is 3.43. The molecular weight excluding hydrogens is 151 g/mol. The third-order valence-corrected chi connectivity index (χ3v) is 0.963. The average Bonchev–Trinajstić information content (AvgIpc) is 1.91. The molecule has 0 saturated heterocycles. The monoisotopic (exact) mass is 159 g/mol. The van der Waals surface area contributed by atoms with Crippen LogP contribution in [0.5, 0.6) is 5.75 Å². The van der Waals surface area contributed by atoms with E-state index in [1.807, 2.05) is 30.3 Å². The van der Waals surface area contributed by atoms with Gasteiger partial charge in [-0.2, -0.15) is 0 Å². The molecule has 1 aromatic carbocycles. The summed E-state index contributed by atoms with van der Waals surface area (Å²) in [6, 6.07) is 9.52. The number of rotatable bonds is 2. The standard InChI is InChI=1S/C8H8O.K/c1-2-9-8-6-4-3-5-7-8;/h2-7H,1H2;. The van der Waals surface area contributed by atoms with Gasteiger partial charge in [-0.15, -0.1) is 0 Å². The molecule has 0 aliphatic rings. The maximum atomic E-state index is 4.97. The molecule has 1 rings (SSSR count). The largest absolute Gasteiger partial charge is 0.466 e. The summed E-state index contributed by atoms with van der Waals surface area (Å²) in [7, 11) is 0. The molecule has 1 radical (unpaired) electrons. The van der Waals surface area contributed by atoms with Crippen molar-refractivity contribution < 1.29 is 4.74 Å². The third-order valence-electron chi connectivity index (χ3n) is 0.963. The predicted molar refractivity (Wildman–Crippen MR) is 43.0 cm³/mol. The second-order valence-corrected chi connectivity index (χ2v) is 1.60. The fraction of sp³-hybridized carbons (Fsp3) is 0. The molecule has 0 fully saturated rings. The Balaban J connectivity index is 0.000000810. The van der Waals surface area contributed by atoms with E-state index in [4.69, 9.17) is 4.74 Å². The number of para-hydroxylation sites is 1. The minimum absolute atomic E-state index is 0. The van der Waals surface area contributed by atoms with Crippen molar-refractivity contribution in [1.82, 2.24) is 0 Å². The Morgan fingerprint density at radius 3 is 2.30 bits per heavy atom. The van der Waals surface area contributed by atoms with Gasteiger partial charge in [-0.05, 0) is 12.1 Å². The van der Waals surface area contributed by atoms with Crippen LogP contribution in [0, 0.1) is 0 Å². The summed E-state index contributed by atoms with van der Waals surface area (Å²) in [5, 5.41) is 0. The molecule has 0 spiro atoms. The zero-order valence-corrected chi connectivity index (χ0v) is 9.20. The zero-order chi connectivity index (χ0) is 6.53. The molecule has 2 heteroatoms. The van der Waals surface area contributed by atoms with Gasteiger partial charge in [-0.3, -0.25) is 0 Å². The summed E-state index contributed by atoms with van der Waals surface area (Å²) >= 11 is 0. The fourth-order valence-corrected chi connectivity index (χ4v) is 0.595. The second kappa shape index (κ2) is 6.13. The van der Waals surface area contributed by atoms with Crippen LogP contribution in [0.15, 0.2) is 43.2 Å². The van der Waals surface area contributed by atoms with Gasteiger partial charge in [0.1, 0.15) is 5.75 Å². The Morgan fingerprint density at radius 2 is 1.80 bits per heavy atom. The Hall–Kier alpha value is 0.396. The predicted octanol–water partition coefficient (Wildman–Crippen LogP) is 1.83. The molecule has 0 aliphatic heterocycles. The van der Waals surface area contributed by atoms with E-state index in [0.29, 0.717) is 0 Å². The van der Waals surface area contributed by atoms with E-state index >= 15 is 0 Å². The summed E-state index contributed by atoms with van der Waals surface area (Å²) in [4.78, 5) is 0. The Morgan fingerprint density at radius 1 is 1.20 bits per heavy atom. The van der Waals surface area contributed by atoms with E-state index in [2.05, 4.69) is 6.58 Å². The molecule has 0 atom stereocenters. The number of hydrogen-bond acceptors (Lipinski definition) is 1. The maximum absolute atomic E-state index is 4.97. The molecular formula is C8H8KO. The van der Waals surface area contributed by atoms with Crippen LogP contribution in [-0.2, 0) is 0 Å². The van der Waals surface area contributed by atoms with Crippen LogP contribution in [0.1, 0.15) is 0 Å². The van der Waals surface area contributed by atoms with Crippen molar-refractivity contribution in [3.63, 3.8) is 0 Å². The molecule has 0 bridgehead atoms. The smallest absolute Gasteiger partial charge is 0.126 e. The van der Waals surface area contributed by atoms with Crippen LogP contribution < -0.4 is 4.74 Å².